The number of methoxy groups -OCH3 is 1. The van der Waals surface area contributed by atoms with Crippen LogP contribution in [0.1, 0.15) is 17.4 Å². The number of carboxylic acid groups (broad SMARTS) is 1. The van der Waals surface area contributed by atoms with Gasteiger partial charge in [-0.25, -0.2) is 19.2 Å². The average molecular weight is 361 g/mol. The summed E-state index contributed by atoms with van der Waals surface area (Å²) in [5.41, 5.74) is -0.561. The first-order valence-corrected chi connectivity index (χ1v) is 7.12. The van der Waals surface area contributed by atoms with Gasteiger partial charge < -0.3 is 14.6 Å². The van der Waals surface area contributed by atoms with Gasteiger partial charge in [0.25, 0.3) is 0 Å². The first-order chi connectivity index (χ1) is 10.9. The summed E-state index contributed by atoms with van der Waals surface area (Å²) in [6, 6.07) is 2.69. The molecule has 0 atom stereocenters. The van der Waals surface area contributed by atoms with Crippen LogP contribution in [-0.2, 0) is 0 Å². The van der Waals surface area contributed by atoms with Crippen molar-refractivity contribution in [3.8, 4) is 22.9 Å². The van der Waals surface area contributed by atoms with Gasteiger partial charge in [0.05, 0.1) is 24.3 Å². The van der Waals surface area contributed by atoms with Gasteiger partial charge in [-0.05, 0) is 19.1 Å². The van der Waals surface area contributed by atoms with Crippen LogP contribution in [0.25, 0.3) is 11.4 Å². The van der Waals surface area contributed by atoms with Crippen molar-refractivity contribution in [2.75, 3.05) is 13.7 Å². The molecule has 1 N–H and O–H groups in total. The molecule has 23 heavy (non-hydrogen) atoms. The number of carboxylic acids is 1. The Morgan fingerprint density at radius 2 is 2.00 bits per heavy atom. The molecule has 0 saturated heterocycles. The molecule has 0 aliphatic carbocycles. The van der Waals surface area contributed by atoms with E-state index in [0.29, 0.717) is 0 Å². The van der Waals surface area contributed by atoms with Crippen molar-refractivity contribution in [1.82, 2.24) is 9.97 Å². The van der Waals surface area contributed by atoms with Crippen molar-refractivity contribution in [3.05, 3.63) is 33.8 Å². The van der Waals surface area contributed by atoms with E-state index in [0.717, 1.165) is 0 Å². The molecule has 1 aromatic carbocycles. The van der Waals surface area contributed by atoms with Gasteiger partial charge in [0, 0.05) is 0 Å². The molecule has 6 nitrogen and oxygen atoms in total. The van der Waals surface area contributed by atoms with Gasteiger partial charge in [0.1, 0.15) is 0 Å². The lowest BCUT2D eigenvalue weighted by atomic mass is 10.1. The van der Waals surface area contributed by atoms with Crippen LogP contribution in [0.2, 0.25) is 10.2 Å². The number of benzene rings is 1. The number of ether oxygens (including phenoxy) is 2. The summed E-state index contributed by atoms with van der Waals surface area (Å²) in [6.07, 6.45) is 0. The number of hydrogen-bond acceptors (Lipinski definition) is 5. The van der Waals surface area contributed by atoms with E-state index in [1.165, 1.54) is 19.2 Å². The molecule has 0 aliphatic rings. The zero-order valence-electron chi connectivity index (χ0n) is 12.1. The number of hydrogen-bond donors (Lipinski definition) is 1. The van der Waals surface area contributed by atoms with Crippen LogP contribution in [-0.4, -0.2) is 34.8 Å². The maximum atomic E-state index is 14.4. The first kappa shape index (κ1) is 17.2. The molecular formula is C14H11Cl2FN2O4. The Hall–Kier alpha value is -2.12. The van der Waals surface area contributed by atoms with Crippen LogP contribution in [0.3, 0.4) is 0 Å². The molecule has 1 aromatic heterocycles. The Labute approximate surface area is 140 Å². The summed E-state index contributed by atoms with van der Waals surface area (Å²) in [7, 11) is 1.25. The lowest BCUT2D eigenvalue weighted by Gasteiger charge is -2.12. The molecule has 0 spiro atoms. The van der Waals surface area contributed by atoms with Crippen molar-refractivity contribution in [2.45, 2.75) is 6.92 Å². The highest BCUT2D eigenvalue weighted by Gasteiger charge is 2.23. The fourth-order valence-electron chi connectivity index (χ4n) is 1.85. The highest BCUT2D eigenvalue weighted by atomic mass is 35.5. The number of aromatic nitrogens is 2. The predicted octanol–water partition coefficient (Wildman–Crippen LogP) is 3.70. The number of carbonyl (C=O) groups is 1. The van der Waals surface area contributed by atoms with Crippen LogP contribution in [0.5, 0.6) is 11.5 Å². The van der Waals surface area contributed by atoms with Crippen LogP contribution < -0.4 is 9.47 Å². The SMILES string of the molecule is CCOc1c(Cl)nc(-c2ccc(Cl)c(OC)c2F)nc1C(=O)O. The molecule has 0 fully saturated rings. The van der Waals surface area contributed by atoms with Crippen LogP contribution in [0, 0.1) is 5.82 Å². The van der Waals surface area contributed by atoms with E-state index in [1.54, 1.807) is 6.92 Å². The normalized spacial score (nSPS) is 10.5. The molecule has 0 unspecified atom stereocenters. The average Bonchev–Trinajstić information content (AvgIpc) is 2.49. The van der Waals surface area contributed by atoms with E-state index in [1.807, 2.05) is 0 Å². The third kappa shape index (κ3) is 3.30. The Balaban J connectivity index is 2.68. The third-order valence-corrected chi connectivity index (χ3v) is 3.36. The second-order valence-corrected chi connectivity index (χ2v) is 4.96. The maximum absolute atomic E-state index is 14.4. The number of aromatic carboxylic acids is 1. The second-order valence-electron chi connectivity index (χ2n) is 4.20. The summed E-state index contributed by atoms with van der Waals surface area (Å²) < 4.78 is 24.4. The smallest absolute Gasteiger partial charge is 0.358 e. The molecular weight excluding hydrogens is 350 g/mol. The molecule has 9 heteroatoms. The molecule has 122 valence electrons. The summed E-state index contributed by atoms with van der Waals surface area (Å²) in [6.45, 7) is 1.82. The quantitative estimate of drug-likeness (QED) is 0.818. The largest absolute Gasteiger partial charge is 0.492 e. The predicted molar refractivity (Wildman–Crippen MR) is 82.1 cm³/mol. The number of rotatable bonds is 5. The Bertz CT molecular complexity index is 771. The monoisotopic (exact) mass is 360 g/mol. The summed E-state index contributed by atoms with van der Waals surface area (Å²) >= 11 is 11.8. The molecule has 2 rings (SSSR count). The number of halogens is 3. The van der Waals surface area contributed by atoms with Crippen molar-refractivity contribution in [3.63, 3.8) is 0 Å². The fraction of sp³-hybridized carbons (Fsp3) is 0.214. The fourth-order valence-corrected chi connectivity index (χ4v) is 2.30. The lowest BCUT2D eigenvalue weighted by Crippen LogP contribution is -2.09. The van der Waals surface area contributed by atoms with Gasteiger partial charge >= 0.3 is 5.97 Å². The van der Waals surface area contributed by atoms with Gasteiger partial charge in [0.2, 0.25) is 0 Å². The van der Waals surface area contributed by atoms with E-state index in [4.69, 9.17) is 32.7 Å². The van der Waals surface area contributed by atoms with Crippen molar-refractivity contribution in [2.24, 2.45) is 0 Å². The maximum Gasteiger partial charge on any atom is 0.358 e. The minimum Gasteiger partial charge on any atom is -0.492 e. The van der Waals surface area contributed by atoms with Crippen LogP contribution >= 0.6 is 23.2 Å². The number of nitrogens with zero attached hydrogens (tertiary/aromatic N) is 2. The van der Waals surface area contributed by atoms with E-state index >= 15 is 0 Å². The molecule has 0 saturated carbocycles. The highest BCUT2D eigenvalue weighted by Crippen LogP contribution is 2.35. The minimum atomic E-state index is -1.37. The van der Waals surface area contributed by atoms with Crippen molar-refractivity contribution in [1.29, 1.82) is 0 Å². The topological polar surface area (TPSA) is 81.5 Å². The molecule has 0 amide bonds. The molecule has 1 heterocycles. The Morgan fingerprint density at radius 1 is 1.30 bits per heavy atom. The molecule has 2 aromatic rings. The molecule has 0 aliphatic heterocycles. The van der Waals surface area contributed by atoms with E-state index in [2.05, 4.69) is 9.97 Å². The Morgan fingerprint density at radius 3 is 2.57 bits per heavy atom. The minimum absolute atomic E-state index is 0.0595. The Kier molecular flexibility index (Phi) is 5.23. The van der Waals surface area contributed by atoms with E-state index in [9.17, 15) is 14.3 Å². The van der Waals surface area contributed by atoms with Crippen molar-refractivity contribution < 1.29 is 23.8 Å². The summed E-state index contributed by atoms with van der Waals surface area (Å²) in [4.78, 5) is 19.1. The standard InChI is InChI=1S/C14H11Cl2FN2O4/c1-3-23-11-9(14(20)21)18-13(19-12(11)16)6-4-5-7(15)10(22-2)8(6)17/h4-5H,3H2,1-2H3,(H,20,21). The van der Waals surface area contributed by atoms with Gasteiger partial charge in [-0.1, -0.05) is 23.2 Å². The van der Waals surface area contributed by atoms with Crippen LogP contribution in [0.4, 0.5) is 4.39 Å². The van der Waals surface area contributed by atoms with Gasteiger partial charge in [-0.2, -0.15) is 0 Å². The highest BCUT2D eigenvalue weighted by molar-refractivity contribution is 6.32. The van der Waals surface area contributed by atoms with Crippen molar-refractivity contribution >= 4 is 29.2 Å². The summed E-state index contributed by atoms with van der Waals surface area (Å²) in [5.74, 6) is -2.79. The molecule has 0 radical (unpaired) electrons. The van der Waals surface area contributed by atoms with Gasteiger partial charge in [-0.15, -0.1) is 0 Å². The zero-order chi connectivity index (χ0) is 17.1. The van der Waals surface area contributed by atoms with Gasteiger partial charge in [-0.3, -0.25) is 0 Å². The summed E-state index contributed by atoms with van der Waals surface area (Å²) in [5, 5.41) is 9.06. The molecule has 0 bridgehead atoms. The zero-order valence-corrected chi connectivity index (χ0v) is 13.6. The lowest BCUT2D eigenvalue weighted by molar-refractivity contribution is 0.0685. The van der Waals surface area contributed by atoms with Crippen LogP contribution in [0.15, 0.2) is 12.1 Å². The third-order valence-electron chi connectivity index (χ3n) is 2.81. The van der Waals surface area contributed by atoms with E-state index in [-0.39, 0.29) is 39.7 Å². The van der Waals surface area contributed by atoms with Gasteiger partial charge in [0.15, 0.2) is 34.0 Å². The first-order valence-electron chi connectivity index (χ1n) is 6.36. The van der Waals surface area contributed by atoms with E-state index < -0.39 is 17.5 Å². The second kappa shape index (κ2) is 6.97.